The molecular weight excluding hydrogens is 341 g/mol. The second-order valence-electron chi connectivity index (χ2n) is 7.79. The molecule has 2 unspecified atom stereocenters. The molecule has 142 valence electrons. The lowest BCUT2D eigenvalue weighted by atomic mass is 9.87. The van der Waals surface area contributed by atoms with E-state index in [0.717, 1.165) is 31.4 Å². The fraction of sp³-hybridized carbons (Fsp3) is 0.409. The number of nitrogens with one attached hydrogen (secondary N) is 1. The first-order valence-corrected chi connectivity index (χ1v) is 9.56. The minimum atomic E-state index is -0.504. The molecule has 2 aromatic rings. The first-order chi connectivity index (χ1) is 13.0. The predicted octanol–water partition coefficient (Wildman–Crippen LogP) is 3.05. The number of hydrogen-bond donors (Lipinski definition) is 1. The van der Waals surface area contributed by atoms with Gasteiger partial charge in [0.1, 0.15) is 11.5 Å². The quantitative estimate of drug-likeness (QED) is 0.825. The van der Waals surface area contributed by atoms with Crippen LogP contribution in [-0.2, 0) is 16.9 Å². The Morgan fingerprint density at radius 2 is 1.96 bits per heavy atom. The lowest BCUT2D eigenvalue weighted by Gasteiger charge is -2.33. The summed E-state index contributed by atoms with van der Waals surface area (Å²) in [7, 11) is 3.98. The maximum absolute atomic E-state index is 13.2. The maximum Gasteiger partial charge on any atom is 0.235 e. The summed E-state index contributed by atoms with van der Waals surface area (Å²) in [5.74, 6) is -0.270. The molecule has 0 bridgehead atoms. The molecule has 0 saturated carbocycles. The molecule has 27 heavy (non-hydrogen) atoms. The van der Waals surface area contributed by atoms with Crippen LogP contribution in [0.15, 0.2) is 48.5 Å². The third-order valence-corrected chi connectivity index (χ3v) is 5.95. The Morgan fingerprint density at radius 1 is 1.26 bits per heavy atom. The Morgan fingerprint density at radius 3 is 2.67 bits per heavy atom. The van der Waals surface area contributed by atoms with Crippen molar-refractivity contribution in [1.82, 2.24) is 15.1 Å². The fourth-order valence-electron chi connectivity index (χ4n) is 4.35. The van der Waals surface area contributed by atoms with E-state index in [1.807, 2.05) is 14.1 Å². The van der Waals surface area contributed by atoms with Crippen molar-refractivity contribution in [3.63, 3.8) is 0 Å². The number of nitrogens with zero attached hydrogens (tertiary/aromatic N) is 2. The van der Waals surface area contributed by atoms with E-state index >= 15 is 0 Å². The molecule has 1 aliphatic heterocycles. The molecule has 1 fully saturated rings. The van der Waals surface area contributed by atoms with Crippen molar-refractivity contribution < 1.29 is 9.18 Å². The summed E-state index contributed by atoms with van der Waals surface area (Å²) in [6.07, 6.45) is 3.34. The van der Waals surface area contributed by atoms with Gasteiger partial charge >= 0.3 is 0 Å². The standard InChI is InChI=1S/C22H26FN3O/c1-25(20-9-5-7-16-6-3-4-8-19(16)20)14-21(27)24-22(15-26(22)2)17-10-12-18(23)13-11-17/h3-4,6,8,10-13,20H,5,7,9,14-15H2,1-2H3,(H,24,27)/t20-,22?,26?/m1/s1. The third-order valence-electron chi connectivity index (χ3n) is 5.95. The molecule has 1 aliphatic carbocycles. The largest absolute Gasteiger partial charge is 0.332 e. The number of hydrogen-bond acceptors (Lipinski definition) is 3. The first-order valence-electron chi connectivity index (χ1n) is 9.56. The third kappa shape index (κ3) is 3.49. The monoisotopic (exact) mass is 367 g/mol. The average Bonchev–Trinajstić information content (AvgIpc) is 3.31. The lowest BCUT2D eigenvalue weighted by Crippen LogP contribution is -2.44. The van der Waals surface area contributed by atoms with Crippen molar-refractivity contribution in [1.29, 1.82) is 0 Å². The van der Waals surface area contributed by atoms with Gasteiger partial charge in [0, 0.05) is 12.6 Å². The number of benzene rings is 2. The molecule has 4 rings (SSSR count). The minimum Gasteiger partial charge on any atom is -0.332 e. The topological polar surface area (TPSA) is 35.4 Å². The number of carbonyl (C=O) groups is 1. The van der Waals surface area contributed by atoms with E-state index in [4.69, 9.17) is 0 Å². The van der Waals surface area contributed by atoms with Crippen molar-refractivity contribution in [3.05, 3.63) is 71.0 Å². The summed E-state index contributed by atoms with van der Waals surface area (Å²) >= 11 is 0. The number of fused-ring (bicyclic) bond motifs is 1. The highest BCUT2D eigenvalue weighted by molar-refractivity contribution is 5.79. The molecule has 0 spiro atoms. The van der Waals surface area contributed by atoms with Gasteiger partial charge in [-0.05, 0) is 62.2 Å². The summed E-state index contributed by atoms with van der Waals surface area (Å²) in [5.41, 5.74) is 3.16. The van der Waals surface area contributed by atoms with Crippen molar-refractivity contribution in [3.8, 4) is 0 Å². The van der Waals surface area contributed by atoms with Crippen LogP contribution < -0.4 is 5.32 Å². The van der Waals surface area contributed by atoms with E-state index in [-0.39, 0.29) is 17.8 Å². The number of rotatable bonds is 5. The number of carbonyl (C=O) groups excluding carboxylic acids is 1. The van der Waals surface area contributed by atoms with Gasteiger partial charge in [0.05, 0.1) is 6.54 Å². The van der Waals surface area contributed by atoms with Crippen LogP contribution in [-0.4, -0.2) is 42.9 Å². The van der Waals surface area contributed by atoms with Gasteiger partial charge in [-0.3, -0.25) is 14.6 Å². The second kappa shape index (κ2) is 7.06. The van der Waals surface area contributed by atoms with Crippen LogP contribution in [0.1, 0.15) is 35.6 Å². The summed E-state index contributed by atoms with van der Waals surface area (Å²) < 4.78 is 13.2. The zero-order valence-electron chi connectivity index (χ0n) is 15.9. The normalized spacial score (nSPS) is 26.5. The number of amides is 1. The van der Waals surface area contributed by atoms with Gasteiger partial charge in [-0.15, -0.1) is 0 Å². The average molecular weight is 367 g/mol. The zero-order valence-corrected chi connectivity index (χ0v) is 15.9. The van der Waals surface area contributed by atoms with Gasteiger partial charge in [0.2, 0.25) is 5.91 Å². The number of halogens is 1. The molecule has 3 atom stereocenters. The highest BCUT2D eigenvalue weighted by atomic mass is 19.1. The van der Waals surface area contributed by atoms with Gasteiger partial charge in [-0.1, -0.05) is 36.4 Å². The molecule has 0 radical (unpaired) electrons. The molecule has 1 N–H and O–H groups in total. The number of aryl methyl sites for hydroxylation is 1. The van der Waals surface area contributed by atoms with Crippen molar-refractivity contribution in [2.24, 2.45) is 0 Å². The smallest absolute Gasteiger partial charge is 0.235 e. The fourth-order valence-corrected chi connectivity index (χ4v) is 4.35. The lowest BCUT2D eigenvalue weighted by molar-refractivity contribution is -0.124. The van der Waals surface area contributed by atoms with Gasteiger partial charge < -0.3 is 5.32 Å². The Balaban J connectivity index is 1.44. The van der Waals surface area contributed by atoms with E-state index in [9.17, 15) is 9.18 Å². The van der Waals surface area contributed by atoms with E-state index in [0.29, 0.717) is 6.54 Å². The Hall–Kier alpha value is -2.24. The van der Waals surface area contributed by atoms with Crippen molar-refractivity contribution in [2.75, 3.05) is 27.2 Å². The van der Waals surface area contributed by atoms with E-state index in [1.165, 1.54) is 23.3 Å². The number of likely N-dealkylation sites (N-methyl/N-ethyl adjacent to an activating group) is 2. The van der Waals surface area contributed by atoms with E-state index in [1.54, 1.807) is 12.1 Å². The Kier molecular flexibility index (Phi) is 4.74. The van der Waals surface area contributed by atoms with Crippen LogP contribution in [0.5, 0.6) is 0 Å². The summed E-state index contributed by atoms with van der Waals surface area (Å²) in [4.78, 5) is 17.0. The highest BCUT2D eigenvalue weighted by Gasteiger charge is 2.52. The Labute approximate surface area is 160 Å². The Bertz CT molecular complexity index is 838. The second-order valence-corrected chi connectivity index (χ2v) is 7.79. The maximum atomic E-state index is 13.2. The van der Waals surface area contributed by atoms with Crippen LogP contribution in [0, 0.1) is 5.82 Å². The minimum absolute atomic E-state index is 0.00534. The molecule has 0 aromatic heterocycles. The summed E-state index contributed by atoms with van der Waals surface area (Å²) in [6, 6.07) is 15.2. The van der Waals surface area contributed by atoms with Crippen LogP contribution in [0.4, 0.5) is 4.39 Å². The molecule has 5 heteroatoms. The van der Waals surface area contributed by atoms with E-state index in [2.05, 4.69) is 39.4 Å². The van der Waals surface area contributed by atoms with Crippen LogP contribution in [0.2, 0.25) is 0 Å². The summed E-state index contributed by atoms with van der Waals surface area (Å²) in [6.45, 7) is 1.08. The van der Waals surface area contributed by atoms with Gasteiger partial charge in [0.25, 0.3) is 0 Å². The van der Waals surface area contributed by atoms with Gasteiger partial charge in [-0.2, -0.15) is 0 Å². The predicted molar refractivity (Wildman–Crippen MR) is 104 cm³/mol. The zero-order chi connectivity index (χ0) is 19.0. The van der Waals surface area contributed by atoms with E-state index < -0.39 is 5.66 Å². The van der Waals surface area contributed by atoms with Crippen molar-refractivity contribution in [2.45, 2.75) is 31.0 Å². The first kappa shape index (κ1) is 18.1. The molecule has 1 heterocycles. The van der Waals surface area contributed by atoms with Crippen molar-refractivity contribution >= 4 is 5.91 Å². The van der Waals surface area contributed by atoms with Gasteiger partial charge in [-0.25, -0.2) is 4.39 Å². The van der Waals surface area contributed by atoms with Crippen LogP contribution in [0.25, 0.3) is 0 Å². The van der Waals surface area contributed by atoms with Crippen LogP contribution >= 0.6 is 0 Å². The molecule has 2 aromatic carbocycles. The molecule has 2 aliphatic rings. The van der Waals surface area contributed by atoms with Crippen LogP contribution in [0.3, 0.4) is 0 Å². The molecule has 4 nitrogen and oxygen atoms in total. The summed E-state index contributed by atoms with van der Waals surface area (Å²) in [5, 5.41) is 3.17. The van der Waals surface area contributed by atoms with Gasteiger partial charge in [0.15, 0.2) is 0 Å². The molecular formula is C22H26FN3O. The highest BCUT2D eigenvalue weighted by Crippen LogP contribution is 2.38. The molecule has 1 saturated heterocycles. The molecule has 1 amide bonds. The SMILES string of the molecule is CN(CC(=O)NC1(c2ccc(F)cc2)CN1C)[C@@H]1CCCc2ccccc21.